The number of hydrogen-bond donors (Lipinski definition) is 3. The van der Waals surface area contributed by atoms with E-state index in [4.69, 9.17) is 0 Å². The Bertz CT molecular complexity index is 674. The summed E-state index contributed by atoms with van der Waals surface area (Å²) < 4.78 is 0. The molecule has 0 aliphatic heterocycles. The van der Waals surface area contributed by atoms with Crippen LogP contribution in [0.2, 0.25) is 0 Å². The lowest BCUT2D eigenvalue weighted by molar-refractivity contribution is -0.00903. The average molecular weight is 417 g/mol. The summed E-state index contributed by atoms with van der Waals surface area (Å²) in [7, 11) is 0. The summed E-state index contributed by atoms with van der Waals surface area (Å²) in [5.41, 5.74) is 3.53. The number of rotatable bonds is 7. The van der Waals surface area contributed by atoms with Crippen LogP contribution in [0, 0.1) is 23.2 Å². The van der Waals surface area contributed by atoms with Crippen molar-refractivity contribution >= 4 is 0 Å². The summed E-state index contributed by atoms with van der Waals surface area (Å²) in [6, 6.07) is 0. The molecule has 0 bridgehead atoms. The van der Waals surface area contributed by atoms with Crippen LogP contribution < -0.4 is 0 Å². The predicted molar refractivity (Wildman–Crippen MR) is 124 cm³/mol. The lowest BCUT2D eigenvalue weighted by Gasteiger charge is -2.44. The zero-order valence-corrected chi connectivity index (χ0v) is 19.5. The van der Waals surface area contributed by atoms with Crippen molar-refractivity contribution in [2.45, 2.75) is 103 Å². The SMILES string of the molecule is C=C1CC[C@H](O)CC1=C/C=C1/CC[C@@]2(C)[C@@H](CC[C@@H]2[C@H](C)CCCC(C)(O)CO)C1. The quantitative estimate of drug-likeness (QED) is 0.498. The van der Waals surface area contributed by atoms with E-state index in [0.29, 0.717) is 17.8 Å². The van der Waals surface area contributed by atoms with Crippen LogP contribution in [0.3, 0.4) is 0 Å². The minimum Gasteiger partial charge on any atom is -0.393 e. The van der Waals surface area contributed by atoms with E-state index in [2.05, 4.69) is 32.6 Å². The molecule has 1 unspecified atom stereocenters. The zero-order valence-electron chi connectivity index (χ0n) is 19.5. The second kappa shape index (κ2) is 9.71. The molecule has 0 amide bonds. The zero-order chi connectivity index (χ0) is 21.9. The highest BCUT2D eigenvalue weighted by molar-refractivity contribution is 5.35. The van der Waals surface area contributed by atoms with Gasteiger partial charge in [0.05, 0.1) is 18.3 Å². The summed E-state index contributed by atoms with van der Waals surface area (Å²) in [5, 5.41) is 29.3. The van der Waals surface area contributed by atoms with Crippen molar-refractivity contribution in [2.24, 2.45) is 23.2 Å². The third-order valence-electron chi connectivity index (χ3n) is 8.71. The second-order valence-electron chi connectivity index (χ2n) is 11.1. The van der Waals surface area contributed by atoms with E-state index >= 15 is 0 Å². The van der Waals surface area contributed by atoms with Crippen molar-refractivity contribution < 1.29 is 15.3 Å². The lowest BCUT2D eigenvalue weighted by Crippen LogP contribution is -2.35. The van der Waals surface area contributed by atoms with Crippen LogP contribution in [0.15, 0.2) is 35.5 Å². The molecule has 3 saturated carbocycles. The van der Waals surface area contributed by atoms with Crippen LogP contribution in [0.25, 0.3) is 0 Å². The van der Waals surface area contributed by atoms with E-state index in [-0.39, 0.29) is 12.7 Å². The number of aliphatic hydroxyl groups is 3. The fraction of sp³-hybridized carbons (Fsp3) is 0.778. The van der Waals surface area contributed by atoms with Crippen LogP contribution >= 0.6 is 0 Å². The van der Waals surface area contributed by atoms with Gasteiger partial charge in [-0.3, -0.25) is 0 Å². The van der Waals surface area contributed by atoms with Gasteiger partial charge < -0.3 is 15.3 Å². The Morgan fingerprint density at radius 2 is 1.97 bits per heavy atom. The Hall–Kier alpha value is -0.900. The molecule has 30 heavy (non-hydrogen) atoms. The minimum absolute atomic E-state index is 0.151. The van der Waals surface area contributed by atoms with Crippen LogP contribution in [0.1, 0.15) is 91.4 Å². The topological polar surface area (TPSA) is 60.7 Å². The smallest absolute Gasteiger partial charge is 0.0849 e. The van der Waals surface area contributed by atoms with Gasteiger partial charge in [0.1, 0.15) is 0 Å². The molecule has 0 spiro atoms. The Morgan fingerprint density at radius 3 is 2.70 bits per heavy atom. The fourth-order valence-corrected chi connectivity index (χ4v) is 6.49. The van der Waals surface area contributed by atoms with Gasteiger partial charge in [-0.2, -0.15) is 0 Å². The molecule has 0 aromatic heterocycles. The van der Waals surface area contributed by atoms with Crippen molar-refractivity contribution in [3.63, 3.8) is 0 Å². The number of aliphatic hydroxyl groups excluding tert-OH is 2. The maximum Gasteiger partial charge on any atom is 0.0849 e. The van der Waals surface area contributed by atoms with E-state index in [1.807, 2.05) is 0 Å². The molecule has 0 saturated heterocycles. The Kier molecular flexibility index (Phi) is 7.69. The third kappa shape index (κ3) is 5.47. The molecule has 3 aliphatic rings. The van der Waals surface area contributed by atoms with E-state index in [9.17, 15) is 15.3 Å². The van der Waals surface area contributed by atoms with Gasteiger partial charge in [-0.25, -0.2) is 0 Å². The molecule has 0 aromatic carbocycles. The highest BCUT2D eigenvalue weighted by atomic mass is 16.3. The van der Waals surface area contributed by atoms with E-state index in [1.165, 1.54) is 43.3 Å². The van der Waals surface area contributed by atoms with Crippen LogP contribution in [-0.4, -0.2) is 33.6 Å². The molecular weight excluding hydrogens is 372 g/mol. The van der Waals surface area contributed by atoms with Gasteiger partial charge >= 0.3 is 0 Å². The monoisotopic (exact) mass is 416 g/mol. The molecule has 3 fully saturated rings. The fourth-order valence-electron chi connectivity index (χ4n) is 6.49. The largest absolute Gasteiger partial charge is 0.393 e. The molecule has 0 aromatic rings. The molecule has 3 rings (SSSR count). The normalized spacial score (nSPS) is 37.9. The van der Waals surface area contributed by atoms with Gasteiger partial charge in [-0.15, -0.1) is 0 Å². The summed E-state index contributed by atoms with van der Waals surface area (Å²) in [6.45, 7) is 10.7. The second-order valence-corrected chi connectivity index (χ2v) is 11.1. The standard InChI is InChI=1S/C27H44O3/c1-19-7-11-24(29)17-22(19)9-8-21-13-15-27(4)23(16-21)10-12-25(27)20(2)6-5-14-26(3,30)18-28/h8-9,20,23-25,28-30H,1,5-7,10-18H2,2-4H3/b21-8-,22-9?/t20-,23+,24+,25-,26?,27+/m1/s1. The molecular formula is C27H44O3. The van der Waals surface area contributed by atoms with Crippen molar-refractivity contribution in [3.05, 3.63) is 35.5 Å². The maximum atomic E-state index is 10.1. The lowest BCUT2D eigenvalue weighted by atomic mass is 9.61. The summed E-state index contributed by atoms with van der Waals surface area (Å²) >= 11 is 0. The third-order valence-corrected chi connectivity index (χ3v) is 8.71. The van der Waals surface area contributed by atoms with Crippen molar-refractivity contribution in [1.29, 1.82) is 0 Å². The Labute approximate surface area is 184 Å². The number of fused-ring (bicyclic) bond motifs is 1. The van der Waals surface area contributed by atoms with Crippen molar-refractivity contribution in [1.82, 2.24) is 0 Å². The van der Waals surface area contributed by atoms with Crippen LogP contribution in [-0.2, 0) is 0 Å². The molecule has 170 valence electrons. The Balaban J connectivity index is 1.57. The van der Waals surface area contributed by atoms with Crippen molar-refractivity contribution in [3.8, 4) is 0 Å². The van der Waals surface area contributed by atoms with Crippen LogP contribution in [0.4, 0.5) is 0 Å². The summed E-state index contributed by atoms with van der Waals surface area (Å²) in [4.78, 5) is 0. The summed E-state index contributed by atoms with van der Waals surface area (Å²) in [6.07, 6.45) is 16.1. The first-order valence-corrected chi connectivity index (χ1v) is 12.2. The van der Waals surface area contributed by atoms with Gasteiger partial charge in [0.15, 0.2) is 0 Å². The maximum absolute atomic E-state index is 10.1. The molecule has 6 atom stereocenters. The Morgan fingerprint density at radius 1 is 1.20 bits per heavy atom. The van der Waals surface area contributed by atoms with E-state index in [0.717, 1.165) is 43.9 Å². The molecule has 0 heterocycles. The number of hydrogen-bond acceptors (Lipinski definition) is 3. The van der Waals surface area contributed by atoms with Gasteiger partial charge in [0.25, 0.3) is 0 Å². The molecule has 3 aliphatic carbocycles. The molecule has 3 nitrogen and oxygen atoms in total. The van der Waals surface area contributed by atoms with E-state index in [1.54, 1.807) is 12.5 Å². The average Bonchev–Trinajstić information content (AvgIpc) is 3.05. The van der Waals surface area contributed by atoms with Gasteiger partial charge in [0, 0.05) is 0 Å². The first kappa shape index (κ1) is 23.8. The van der Waals surface area contributed by atoms with Gasteiger partial charge in [0.2, 0.25) is 0 Å². The predicted octanol–water partition coefficient (Wildman–Crippen LogP) is 5.71. The highest BCUT2D eigenvalue weighted by Crippen LogP contribution is 2.59. The first-order valence-electron chi connectivity index (χ1n) is 12.2. The highest BCUT2D eigenvalue weighted by Gasteiger charge is 2.49. The minimum atomic E-state index is -0.930. The molecule has 3 N–H and O–H groups in total. The van der Waals surface area contributed by atoms with Crippen LogP contribution in [0.5, 0.6) is 0 Å². The van der Waals surface area contributed by atoms with Crippen molar-refractivity contribution in [2.75, 3.05) is 6.61 Å². The van der Waals surface area contributed by atoms with Gasteiger partial charge in [-0.1, -0.05) is 56.6 Å². The summed E-state index contributed by atoms with van der Waals surface area (Å²) in [5.74, 6) is 2.23. The molecule has 3 heteroatoms. The van der Waals surface area contributed by atoms with E-state index < -0.39 is 5.60 Å². The first-order chi connectivity index (χ1) is 14.1. The number of allylic oxidation sites excluding steroid dienone is 4. The molecule has 0 radical (unpaired) electrons. The van der Waals surface area contributed by atoms with Gasteiger partial charge in [-0.05, 0) is 93.5 Å².